The van der Waals surface area contributed by atoms with E-state index in [-0.39, 0.29) is 101 Å². The third-order valence-corrected chi connectivity index (χ3v) is 11.0. The molecule has 0 unspecified atom stereocenters. The lowest BCUT2D eigenvalue weighted by Crippen LogP contribution is -2.45. The number of phenolic OH excluding ortho intramolecular Hbond substituents is 1. The first-order chi connectivity index (χ1) is 25.0. The van der Waals surface area contributed by atoms with Crippen LogP contribution in [-0.4, -0.2) is 88.5 Å². The predicted octanol–water partition coefficient (Wildman–Crippen LogP) is 5.15. The van der Waals surface area contributed by atoms with Crippen molar-refractivity contribution in [3.63, 3.8) is 0 Å². The van der Waals surface area contributed by atoms with Crippen LogP contribution in [0.3, 0.4) is 0 Å². The number of hydrogen-bond acceptors (Lipinski definition) is 11. The quantitative estimate of drug-likeness (QED) is 0.272. The van der Waals surface area contributed by atoms with Crippen molar-refractivity contribution < 1.29 is 48.4 Å². The molecule has 286 valence electrons. The molecule has 5 bridgehead atoms. The molecule has 12 nitrogen and oxygen atoms in total. The SMILES string of the molecule is CC(=O)O[C@H]1[C@H](C)[C@H](O)[C@H](C)C[C@@H](C)/C=C/C=C(/C)C(=O)NC2=C(N3CCOCC3)C(=O)c3c(c(O)c(C)c4c3C(=O)[C@@](C)(C/C=C/C[C@H]1C)O4)C2=O. The van der Waals surface area contributed by atoms with Crippen LogP contribution in [-0.2, 0) is 19.1 Å². The number of fused-ring (bicyclic) bond motifs is 14. The minimum atomic E-state index is -1.47. The van der Waals surface area contributed by atoms with Gasteiger partial charge in [-0.15, -0.1) is 0 Å². The molecule has 1 saturated heterocycles. The minimum Gasteiger partial charge on any atom is -0.507 e. The second-order valence-corrected chi connectivity index (χ2v) is 15.3. The fourth-order valence-electron chi connectivity index (χ4n) is 7.85. The Morgan fingerprint density at radius 2 is 1.66 bits per heavy atom. The summed E-state index contributed by atoms with van der Waals surface area (Å²) in [5.41, 5.74) is -2.12. The molecule has 0 saturated carbocycles. The maximum absolute atomic E-state index is 14.6. The number of esters is 1. The molecule has 6 rings (SSSR count). The molecule has 1 amide bonds. The lowest BCUT2D eigenvalue weighted by atomic mass is 9.80. The van der Waals surface area contributed by atoms with Crippen molar-refractivity contribution >= 4 is 29.2 Å². The number of ketones is 3. The molecule has 12 heteroatoms. The average molecular weight is 733 g/mol. The standard InChI is InChI=1S/C41H52N2O10/c1-21-12-11-14-23(3)40(50)42-31-32(43-16-18-51-19-17-43)36(48)28-29(35(31)47)34(46)26(6)38-30(28)39(49)41(8,53-38)15-10-9-13-22(2)37(52-27(7)44)25(5)33(45)24(4)20-21/h9-12,14,21-22,24-25,33,37,45-46H,13,15-20H2,1-8H3,(H,42,50)/b10-9+,12-11+,23-14-/t21-,22+,24+,25+,33+,37+,41+/m0/s1. The predicted molar refractivity (Wildman–Crippen MR) is 197 cm³/mol. The van der Waals surface area contributed by atoms with Crippen molar-refractivity contribution in [3.8, 4) is 11.5 Å². The normalized spacial score (nSPS) is 32.5. The Balaban J connectivity index is 1.62. The van der Waals surface area contributed by atoms with E-state index >= 15 is 0 Å². The number of allylic oxidation sites excluding steroid dienone is 6. The fraction of sp³-hybridized carbons (Fsp3) is 0.537. The van der Waals surface area contributed by atoms with Crippen molar-refractivity contribution in [2.75, 3.05) is 26.3 Å². The molecule has 4 heterocycles. The second-order valence-electron chi connectivity index (χ2n) is 15.3. The Labute approximate surface area is 310 Å². The zero-order valence-corrected chi connectivity index (χ0v) is 31.9. The van der Waals surface area contributed by atoms with Gasteiger partial charge < -0.3 is 34.6 Å². The van der Waals surface area contributed by atoms with E-state index in [1.165, 1.54) is 13.8 Å². The van der Waals surface area contributed by atoms with Gasteiger partial charge in [-0.3, -0.25) is 24.0 Å². The number of aliphatic hydroxyl groups is 1. The lowest BCUT2D eigenvalue weighted by Gasteiger charge is -2.34. The Bertz CT molecular complexity index is 1820. The van der Waals surface area contributed by atoms with E-state index in [0.717, 1.165) is 0 Å². The van der Waals surface area contributed by atoms with Crippen molar-refractivity contribution in [1.29, 1.82) is 0 Å². The van der Waals surface area contributed by atoms with Crippen LogP contribution in [0.25, 0.3) is 0 Å². The third-order valence-electron chi connectivity index (χ3n) is 11.0. The number of benzene rings is 1. The first-order valence-electron chi connectivity index (χ1n) is 18.4. The van der Waals surface area contributed by atoms with Crippen LogP contribution in [0.5, 0.6) is 11.5 Å². The lowest BCUT2D eigenvalue weighted by molar-refractivity contribution is -0.156. The molecule has 5 aliphatic rings. The highest BCUT2D eigenvalue weighted by Crippen LogP contribution is 2.49. The van der Waals surface area contributed by atoms with Crippen LogP contribution in [0.2, 0.25) is 0 Å². The highest BCUT2D eigenvalue weighted by Gasteiger charge is 2.51. The summed E-state index contributed by atoms with van der Waals surface area (Å²) in [5, 5.41) is 25.5. The Morgan fingerprint density at radius 3 is 2.32 bits per heavy atom. The summed E-state index contributed by atoms with van der Waals surface area (Å²) in [6.45, 7) is 14.9. The zero-order valence-electron chi connectivity index (χ0n) is 31.9. The van der Waals surface area contributed by atoms with Gasteiger partial charge in [-0.1, -0.05) is 58.1 Å². The topological polar surface area (TPSA) is 169 Å². The first kappa shape index (κ1) is 39.7. The highest BCUT2D eigenvalue weighted by molar-refractivity contribution is 6.32. The summed E-state index contributed by atoms with van der Waals surface area (Å²) in [6, 6.07) is 0. The number of nitrogens with zero attached hydrogens (tertiary/aromatic N) is 1. The number of rotatable bonds is 2. The Morgan fingerprint density at radius 1 is 0.981 bits per heavy atom. The number of aliphatic hydroxyl groups excluding tert-OH is 1. The number of aromatic hydroxyl groups is 1. The van der Waals surface area contributed by atoms with E-state index in [1.807, 2.05) is 39.8 Å². The Kier molecular flexibility index (Phi) is 11.8. The van der Waals surface area contributed by atoms with E-state index < -0.39 is 52.8 Å². The molecule has 1 fully saturated rings. The molecule has 53 heavy (non-hydrogen) atoms. The van der Waals surface area contributed by atoms with Gasteiger partial charge in [-0.2, -0.15) is 0 Å². The monoisotopic (exact) mass is 732 g/mol. The Hall–Kier alpha value is -4.55. The van der Waals surface area contributed by atoms with E-state index in [1.54, 1.807) is 37.0 Å². The number of amides is 1. The summed E-state index contributed by atoms with van der Waals surface area (Å²) in [7, 11) is 0. The van der Waals surface area contributed by atoms with Crippen molar-refractivity contribution in [3.05, 3.63) is 69.6 Å². The van der Waals surface area contributed by atoms with Crippen LogP contribution in [0.15, 0.2) is 47.3 Å². The molecule has 0 spiro atoms. The zero-order chi connectivity index (χ0) is 38.9. The van der Waals surface area contributed by atoms with Crippen LogP contribution in [0, 0.1) is 30.6 Å². The van der Waals surface area contributed by atoms with Crippen LogP contribution in [0.1, 0.15) is 104 Å². The van der Waals surface area contributed by atoms with Crippen LogP contribution < -0.4 is 10.1 Å². The molecule has 4 aliphatic heterocycles. The van der Waals surface area contributed by atoms with E-state index in [2.05, 4.69) is 5.32 Å². The van der Waals surface area contributed by atoms with Gasteiger partial charge in [0.05, 0.1) is 36.0 Å². The van der Waals surface area contributed by atoms with Crippen LogP contribution >= 0.6 is 0 Å². The number of nitrogens with one attached hydrogen (secondary N) is 1. The van der Waals surface area contributed by atoms with E-state index in [9.17, 15) is 34.2 Å². The van der Waals surface area contributed by atoms with E-state index in [4.69, 9.17) is 14.2 Å². The highest BCUT2D eigenvalue weighted by atomic mass is 16.5. The van der Waals surface area contributed by atoms with Gasteiger partial charge in [0.2, 0.25) is 17.3 Å². The van der Waals surface area contributed by atoms with Crippen molar-refractivity contribution in [2.24, 2.45) is 23.7 Å². The minimum absolute atomic E-state index is 0.0146. The number of ether oxygens (including phenoxy) is 3. The van der Waals surface area contributed by atoms with Gasteiger partial charge in [-0.25, -0.2) is 0 Å². The third kappa shape index (κ3) is 7.75. The summed E-state index contributed by atoms with van der Waals surface area (Å²) in [6.07, 6.45) is 8.74. The molecule has 0 radical (unpaired) electrons. The smallest absolute Gasteiger partial charge is 0.302 e. The number of carbonyl (C=O) groups excluding carboxylic acids is 5. The molecule has 1 aromatic rings. The molecule has 1 aliphatic carbocycles. The summed E-state index contributed by atoms with van der Waals surface area (Å²) in [5.74, 6) is -4.23. The number of morpholine rings is 1. The van der Waals surface area contributed by atoms with Gasteiger partial charge in [0.1, 0.15) is 29.0 Å². The van der Waals surface area contributed by atoms with Gasteiger partial charge >= 0.3 is 5.97 Å². The molecule has 0 aromatic heterocycles. The first-order valence-corrected chi connectivity index (χ1v) is 18.4. The largest absolute Gasteiger partial charge is 0.507 e. The number of carbonyl (C=O) groups is 5. The van der Waals surface area contributed by atoms with Gasteiger partial charge in [0.25, 0.3) is 5.91 Å². The molecule has 3 N–H and O–H groups in total. The summed E-state index contributed by atoms with van der Waals surface area (Å²) in [4.78, 5) is 70.8. The summed E-state index contributed by atoms with van der Waals surface area (Å²) >= 11 is 0. The van der Waals surface area contributed by atoms with E-state index in [0.29, 0.717) is 12.8 Å². The van der Waals surface area contributed by atoms with Crippen LogP contribution in [0.4, 0.5) is 0 Å². The molecular weight excluding hydrogens is 680 g/mol. The number of phenols is 1. The molecular formula is C41H52N2O10. The van der Waals surface area contributed by atoms with Crippen molar-refractivity contribution in [2.45, 2.75) is 92.5 Å². The molecule has 1 aromatic carbocycles. The fourth-order valence-corrected chi connectivity index (χ4v) is 7.85. The summed E-state index contributed by atoms with van der Waals surface area (Å²) < 4.78 is 17.5. The van der Waals surface area contributed by atoms with Gasteiger partial charge in [0.15, 0.2) is 5.60 Å². The van der Waals surface area contributed by atoms with Crippen molar-refractivity contribution in [1.82, 2.24) is 10.2 Å². The van der Waals surface area contributed by atoms with Gasteiger partial charge in [-0.05, 0) is 51.4 Å². The molecule has 7 atom stereocenters. The second kappa shape index (κ2) is 15.8. The number of hydrogen-bond donors (Lipinski definition) is 3. The average Bonchev–Trinajstić information content (AvgIpc) is 3.38. The van der Waals surface area contributed by atoms with Gasteiger partial charge in [0, 0.05) is 43.5 Å². The maximum Gasteiger partial charge on any atom is 0.302 e. The number of Topliss-reactive ketones (excluding diaryl/α,β-unsaturated/α-hetero) is 3. The maximum atomic E-state index is 14.6.